The van der Waals surface area contributed by atoms with Crippen LogP contribution in [0.4, 0.5) is 29.7 Å². The summed E-state index contributed by atoms with van der Waals surface area (Å²) in [5.74, 6) is -0.795. The standard InChI is InChI=1S/C33H33ClF3N7O2S/c1-40-26-21-18(5-6-19(36)28(21)47-29(26)38)20-23(34)27-22-25(24(20)37)41-31(46-16-33-9-3-11-44(33)14-17(35)13-33)42-30(22)43(10-4-12-45-27)15-32(39)7-2-8-32/h5-6,17H,2-4,7-16,38-39H2/t17-,33+/m1/s1. The van der Waals surface area contributed by atoms with Gasteiger partial charge in [0.25, 0.3) is 0 Å². The number of ether oxygens (including phenoxy) is 2. The Kier molecular flexibility index (Phi) is 7.36. The van der Waals surface area contributed by atoms with Crippen LogP contribution in [0.25, 0.3) is 37.0 Å². The Morgan fingerprint density at radius 1 is 1.15 bits per heavy atom. The lowest BCUT2D eigenvalue weighted by atomic mass is 9.77. The second kappa shape index (κ2) is 11.3. The minimum Gasteiger partial charge on any atom is -0.491 e. The molecule has 2 saturated heterocycles. The molecule has 0 bridgehead atoms. The number of rotatable bonds is 6. The van der Waals surface area contributed by atoms with Gasteiger partial charge in [0, 0.05) is 42.5 Å². The fraction of sp³-hybridized carbons (Fsp3) is 0.485. The molecule has 5 heterocycles. The fourth-order valence-electron chi connectivity index (χ4n) is 7.90. The maximum Gasteiger partial charge on any atom is 0.319 e. The number of nitrogens with zero attached hydrogens (tertiary/aromatic N) is 5. The molecule has 4 aliphatic rings. The van der Waals surface area contributed by atoms with Gasteiger partial charge in [0.05, 0.1) is 38.8 Å². The molecular weight excluding hydrogens is 651 g/mol. The molecule has 0 radical (unpaired) electrons. The van der Waals surface area contributed by atoms with Gasteiger partial charge in [-0.3, -0.25) is 4.90 Å². The van der Waals surface area contributed by atoms with E-state index in [1.807, 2.05) is 4.90 Å². The summed E-state index contributed by atoms with van der Waals surface area (Å²) in [4.78, 5) is 17.2. The van der Waals surface area contributed by atoms with Crippen molar-refractivity contribution in [2.45, 2.75) is 62.2 Å². The number of fused-ring (bicyclic) bond motifs is 2. The zero-order valence-corrected chi connectivity index (χ0v) is 27.1. The van der Waals surface area contributed by atoms with Gasteiger partial charge in [-0.1, -0.05) is 17.7 Å². The molecule has 1 saturated carbocycles. The Bertz CT molecular complexity index is 1980. The van der Waals surface area contributed by atoms with Crippen molar-refractivity contribution in [2.75, 3.05) is 50.0 Å². The Labute approximate surface area is 278 Å². The fourth-order valence-corrected chi connectivity index (χ4v) is 9.17. The van der Waals surface area contributed by atoms with Crippen LogP contribution >= 0.6 is 22.9 Å². The van der Waals surface area contributed by atoms with Crippen molar-refractivity contribution in [3.63, 3.8) is 0 Å². The van der Waals surface area contributed by atoms with E-state index in [-0.39, 0.29) is 72.8 Å². The predicted octanol–water partition coefficient (Wildman–Crippen LogP) is 7.00. The summed E-state index contributed by atoms with van der Waals surface area (Å²) in [7, 11) is 0. The van der Waals surface area contributed by atoms with Crippen LogP contribution in [-0.2, 0) is 0 Å². The van der Waals surface area contributed by atoms with Crippen molar-refractivity contribution in [1.82, 2.24) is 14.9 Å². The van der Waals surface area contributed by atoms with Crippen LogP contribution < -0.4 is 25.8 Å². The number of aromatic nitrogens is 2. The zero-order chi connectivity index (χ0) is 32.7. The number of hydrogen-bond acceptors (Lipinski definition) is 9. The third kappa shape index (κ3) is 4.86. The number of alkyl halides is 1. The molecule has 1 aliphatic carbocycles. The maximum absolute atomic E-state index is 17.2. The molecular formula is C33H33ClF3N7O2S. The van der Waals surface area contributed by atoms with E-state index in [9.17, 15) is 8.78 Å². The third-order valence-corrected chi connectivity index (χ3v) is 11.7. The summed E-state index contributed by atoms with van der Waals surface area (Å²) < 4.78 is 59.3. The summed E-state index contributed by atoms with van der Waals surface area (Å²) in [5, 5.41) is 0.529. The van der Waals surface area contributed by atoms with Crippen LogP contribution in [0.1, 0.15) is 44.9 Å². The molecule has 246 valence electrons. The summed E-state index contributed by atoms with van der Waals surface area (Å²) in [6.07, 6.45) is 4.50. The minimum absolute atomic E-state index is 0.0223. The van der Waals surface area contributed by atoms with E-state index in [2.05, 4.69) is 14.7 Å². The highest BCUT2D eigenvalue weighted by molar-refractivity contribution is 7.23. The van der Waals surface area contributed by atoms with Crippen LogP contribution in [0.5, 0.6) is 11.8 Å². The van der Waals surface area contributed by atoms with Crippen LogP contribution in [-0.4, -0.2) is 71.5 Å². The van der Waals surface area contributed by atoms with Gasteiger partial charge in [-0.15, -0.1) is 11.3 Å². The van der Waals surface area contributed by atoms with Crippen LogP contribution in [0.3, 0.4) is 0 Å². The van der Waals surface area contributed by atoms with Crippen molar-refractivity contribution in [2.24, 2.45) is 5.73 Å². The van der Waals surface area contributed by atoms with E-state index in [4.69, 9.17) is 44.1 Å². The lowest BCUT2D eigenvalue weighted by Crippen LogP contribution is -2.55. The molecule has 14 heteroatoms. The molecule has 3 aliphatic heterocycles. The lowest BCUT2D eigenvalue weighted by Gasteiger charge is -2.43. The van der Waals surface area contributed by atoms with Gasteiger partial charge in [0.1, 0.15) is 29.9 Å². The SMILES string of the molecule is [C-]#[N+]c1c(N)sc2c(F)ccc(-c3c(Cl)c4c5c(nc(OC[C@@]67CCCN6C[C@H](F)C7)nc5c3F)N(CC3(N)CCC3)CCCO4)c12. The van der Waals surface area contributed by atoms with E-state index < -0.39 is 28.9 Å². The van der Waals surface area contributed by atoms with Gasteiger partial charge in [0.15, 0.2) is 11.6 Å². The van der Waals surface area contributed by atoms with Crippen LogP contribution in [0.2, 0.25) is 5.02 Å². The molecule has 8 rings (SSSR count). The lowest BCUT2D eigenvalue weighted by molar-refractivity contribution is 0.107. The Balaban J connectivity index is 1.34. The third-order valence-electron chi connectivity index (χ3n) is 10.3. The first kappa shape index (κ1) is 30.7. The van der Waals surface area contributed by atoms with E-state index in [1.54, 1.807) is 0 Å². The predicted molar refractivity (Wildman–Crippen MR) is 178 cm³/mol. The first-order valence-corrected chi connectivity index (χ1v) is 17.1. The molecule has 0 amide bonds. The average Bonchev–Trinajstić information content (AvgIpc) is 3.67. The van der Waals surface area contributed by atoms with E-state index in [0.29, 0.717) is 38.3 Å². The molecule has 3 fully saturated rings. The molecule has 4 N–H and O–H groups in total. The van der Waals surface area contributed by atoms with Gasteiger partial charge in [-0.05, 0) is 56.7 Å². The first-order chi connectivity index (χ1) is 22.6. The molecule has 2 aromatic heterocycles. The van der Waals surface area contributed by atoms with Crippen molar-refractivity contribution in [3.8, 4) is 22.9 Å². The summed E-state index contributed by atoms with van der Waals surface area (Å²) in [6, 6.07) is 2.55. The Hall–Kier alpha value is -3.57. The van der Waals surface area contributed by atoms with Gasteiger partial charge < -0.3 is 25.8 Å². The second-order valence-corrected chi connectivity index (χ2v) is 14.7. The molecule has 9 nitrogen and oxygen atoms in total. The molecule has 4 aromatic rings. The number of anilines is 2. The van der Waals surface area contributed by atoms with Crippen LogP contribution in [0, 0.1) is 18.2 Å². The molecule has 0 spiro atoms. The highest BCUT2D eigenvalue weighted by Gasteiger charge is 2.49. The number of nitrogens with two attached hydrogens (primary N) is 2. The minimum atomic E-state index is -0.940. The van der Waals surface area contributed by atoms with Crippen molar-refractivity contribution < 1.29 is 22.6 Å². The largest absolute Gasteiger partial charge is 0.491 e. The van der Waals surface area contributed by atoms with E-state index in [1.165, 1.54) is 12.1 Å². The highest BCUT2D eigenvalue weighted by Crippen LogP contribution is 2.52. The van der Waals surface area contributed by atoms with Crippen LogP contribution in [0.15, 0.2) is 12.1 Å². The topological polar surface area (TPSA) is 107 Å². The smallest absolute Gasteiger partial charge is 0.319 e. The number of nitrogen functional groups attached to an aromatic ring is 1. The van der Waals surface area contributed by atoms with Crippen molar-refractivity contribution in [3.05, 3.63) is 40.2 Å². The molecule has 2 atom stereocenters. The first-order valence-electron chi connectivity index (χ1n) is 15.9. The monoisotopic (exact) mass is 683 g/mol. The number of halogens is 4. The summed E-state index contributed by atoms with van der Waals surface area (Å²) >= 11 is 7.97. The Morgan fingerprint density at radius 2 is 1.98 bits per heavy atom. The van der Waals surface area contributed by atoms with Gasteiger partial charge in [-0.2, -0.15) is 9.97 Å². The van der Waals surface area contributed by atoms with Gasteiger partial charge in [-0.25, -0.2) is 18.0 Å². The maximum atomic E-state index is 17.2. The summed E-state index contributed by atoms with van der Waals surface area (Å²) in [6.45, 7) is 10.4. The van der Waals surface area contributed by atoms with Gasteiger partial charge in [0.2, 0.25) is 5.69 Å². The number of hydrogen-bond donors (Lipinski definition) is 2. The van der Waals surface area contributed by atoms with E-state index >= 15 is 4.39 Å². The average molecular weight is 684 g/mol. The van der Waals surface area contributed by atoms with Crippen molar-refractivity contribution >= 4 is 60.4 Å². The number of benzene rings is 2. The summed E-state index contributed by atoms with van der Waals surface area (Å²) in [5.41, 5.74) is 12.0. The van der Waals surface area contributed by atoms with E-state index in [0.717, 1.165) is 50.0 Å². The molecule has 2 aromatic carbocycles. The zero-order valence-electron chi connectivity index (χ0n) is 25.6. The quantitative estimate of drug-likeness (QED) is 0.209. The Morgan fingerprint density at radius 3 is 2.74 bits per heavy atom. The molecule has 0 unspecified atom stereocenters. The van der Waals surface area contributed by atoms with Crippen molar-refractivity contribution in [1.29, 1.82) is 0 Å². The highest BCUT2D eigenvalue weighted by atomic mass is 35.5. The van der Waals surface area contributed by atoms with Gasteiger partial charge >= 0.3 is 6.01 Å². The molecule has 47 heavy (non-hydrogen) atoms. The number of thiophene rings is 1. The normalized spacial score (nSPS) is 23.7. The second-order valence-electron chi connectivity index (χ2n) is 13.3.